The number of nitrogens with one attached hydrogen (secondary N) is 1. The molecule has 2 heterocycles. The number of rotatable bonds is 3. The van der Waals surface area contributed by atoms with Crippen molar-refractivity contribution < 1.29 is 9.59 Å². The summed E-state index contributed by atoms with van der Waals surface area (Å²) in [5, 5.41) is 3.11. The molecule has 2 rings (SSSR count). The molecule has 5 nitrogen and oxygen atoms in total. The van der Waals surface area contributed by atoms with E-state index < -0.39 is 0 Å². The quantitative estimate of drug-likeness (QED) is 0.735. The molecule has 0 radical (unpaired) electrons. The highest BCUT2D eigenvalue weighted by Gasteiger charge is 2.31. The Labute approximate surface area is 108 Å². The normalized spacial score (nSPS) is 21.5. The van der Waals surface area contributed by atoms with Crippen LogP contribution in [0.2, 0.25) is 0 Å². The maximum Gasteiger partial charge on any atom is 0.228 e. The standard InChI is InChI=1S/C11H19N3O2.ClH/c12-10(15)5-8-1-3-14(4-2-8)11(16)9-6-13-7-9;/h8-9,13H,1-7H2,(H2,12,15);1H. The van der Waals surface area contributed by atoms with Crippen LogP contribution in [0.5, 0.6) is 0 Å². The van der Waals surface area contributed by atoms with E-state index in [9.17, 15) is 9.59 Å². The van der Waals surface area contributed by atoms with Crippen LogP contribution in [0.1, 0.15) is 19.3 Å². The molecular formula is C11H20ClN3O2. The van der Waals surface area contributed by atoms with Crippen LogP contribution >= 0.6 is 12.4 Å². The highest BCUT2D eigenvalue weighted by molar-refractivity contribution is 5.85. The van der Waals surface area contributed by atoms with Gasteiger partial charge in [-0.3, -0.25) is 9.59 Å². The first kappa shape index (κ1) is 14.3. The van der Waals surface area contributed by atoms with Crippen molar-refractivity contribution in [3.8, 4) is 0 Å². The number of piperidine rings is 1. The zero-order valence-corrected chi connectivity index (χ0v) is 10.7. The first-order valence-electron chi connectivity index (χ1n) is 5.94. The average Bonchev–Trinajstić information content (AvgIpc) is 2.15. The van der Waals surface area contributed by atoms with Crippen molar-refractivity contribution in [3.63, 3.8) is 0 Å². The van der Waals surface area contributed by atoms with Gasteiger partial charge in [-0.15, -0.1) is 12.4 Å². The van der Waals surface area contributed by atoms with E-state index in [4.69, 9.17) is 5.73 Å². The van der Waals surface area contributed by atoms with Crippen molar-refractivity contribution in [1.29, 1.82) is 0 Å². The number of nitrogens with zero attached hydrogens (tertiary/aromatic N) is 1. The molecule has 2 fully saturated rings. The van der Waals surface area contributed by atoms with Gasteiger partial charge in [0.05, 0.1) is 5.92 Å². The maximum absolute atomic E-state index is 11.9. The third-order valence-electron chi connectivity index (χ3n) is 3.55. The third-order valence-corrected chi connectivity index (χ3v) is 3.55. The van der Waals surface area contributed by atoms with Crippen molar-refractivity contribution in [2.75, 3.05) is 26.2 Å². The van der Waals surface area contributed by atoms with Gasteiger partial charge in [-0.05, 0) is 18.8 Å². The first-order valence-corrected chi connectivity index (χ1v) is 5.94. The Balaban J connectivity index is 0.00000144. The Kier molecular flexibility index (Phi) is 5.21. The number of carbonyl (C=O) groups is 2. The molecule has 2 aliphatic rings. The minimum absolute atomic E-state index is 0. The summed E-state index contributed by atoms with van der Waals surface area (Å²) in [5.74, 6) is 0.609. The molecule has 98 valence electrons. The Morgan fingerprint density at radius 2 is 1.82 bits per heavy atom. The van der Waals surface area contributed by atoms with E-state index in [2.05, 4.69) is 5.32 Å². The molecule has 0 spiro atoms. The molecule has 0 saturated carbocycles. The summed E-state index contributed by atoms with van der Waals surface area (Å²) < 4.78 is 0. The van der Waals surface area contributed by atoms with Crippen LogP contribution in [0, 0.1) is 11.8 Å². The average molecular weight is 262 g/mol. The van der Waals surface area contributed by atoms with Gasteiger partial charge in [0.15, 0.2) is 0 Å². The van der Waals surface area contributed by atoms with E-state index in [0.717, 1.165) is 39.0 Å². The molecule has 6 heteroatoms. The number of primary amides is 1. The molecular weight excluding hydrogens is 242 g/mol. The van der Waals surface area contributed by atoms with Crippen LogP contribution in [0.25, 0.3) is 0 Å². The second kappa shape index (κ2) is 6.21. The third kappa shape index (κ3) is 3.57. The van der Waals surface area contributed by atoms with E-state index in [1.54, 1.807) is 0 Å². The van der Waals surface area contributed by atoms with Crippen molar-refractivity contribution >= 4 is 24.2 Å². The van der Waals surface area contributed by atoms with Gasteiger partial charge in [0.1, 0.15) is 0 Å². The summed E-state index contributed by atoms with van der Waals surface area (Å²) >= 11 is 0. The molecule has 0 aromatic heterocycles. The van der Waals surface area contributed by atoms with Gasteiger partial charge >= 0.3 is 0 Å². The predicted octanol–water partition coefficient (Wildman–Crippen LogP) is -0.258. The zero-order valence-electron chi connectivity index (χ0n) is 9.85. The summed E-state index contributed by atoms with van der Waals surface area (Å²) in [7, 11) is 0. The fourth-order valence-electron chi connectivity index (χ4n) is 2.36. The zero-order chi connectivity index (χ0) is 11.5. The lowest BCUT2D eigenvalue weighted by Gasteiger charge is -2.36. The molecule has 0 unspecified atom stereocenters. The van der Waals surface area contributed by atoms with Gasteiger partial charge in [-0.2, -0.15) is 0 Å². The van der Waals surface area contributed by atoms with E-state index in [-0.39, 0.29) is 30.1 Å². The van der Waals surface area contributed by atoms with Crippen LogP contribution in [-0.4, -0.2) is 42.9 Å². The lowest BCUT2D eigenvalue weighted by molar-refractivity contribution is -0.138. The molecule has 2 amide bonds. The topological polar surface area (TPSA) is 75.4 Å². The van der Waals surface area contributed by atoms with Gasteiger partial charge in [-0.25, -0.2) is 0 Å². The van der Waals surface area contributed by atoms with Gasteiger partial charge < -0.3 is 16.0 Å². The van der Waals surface area contributed by atoms with Crippen molar-refractivity contribution in [2.45, 2.75) is 19.3 Å². The molecule has 2 aliphatic heterocycles. The smallest absolute Gasteiger partial charge is 0.228 e. The second-order valence-corrected chi connectivity index (χ2v) is 4.79. The lowest BCUT2D eigenvalue weighted by atomic mass is 9.92. The first-order chi connectivity index (χ1) is 7.66. The van der Waals surface area contributed by atoms with Gasteiger partial charge in [0, 0.05) is 32.6 Å². The fraction of sp³-hybridized carbons (Fsp3) is 0.818. The minimum atomic E-state index is -0.229. The van der Waals surface area contributed by atoms with Crippen molar-refractivity contribution in [2.24, 2.45) is 17.6 Å². The highest BCUT2D eigenvalue weighted by atomic mass is 35.5. The van der Waals surface area contributed by atoms with E-state index in [1.807, 2.05) is 4.90 Å². The summed E-state index contributed by atoms with van der Waals surface area (Å²) in [6.07, 6.45) is 2.29. The Morgan fingerprint density at radius 1 is 1.24 bits per heavy atom. The SMILES string of the molecule is Cl.NC(=O)CC1CCN(C(=O)C2CNC2)CC1. The number of likely N-dealkylation sites (tertiary alicyclic amines) is 1. The van der Waals surface area contributed by atoms with E-state index >= 15 is 0 Å². The number of hydrogen-bond donors (Lipinski definition) is 2. The Hall–Kier alpha value is -0.810. The minimum Gasteiger partial charge on any atom is -0.370 e. The Morgan fingerprint density at radius 3 is 2.24 bits per heavy atom. The van der Waals surface area contributed by atoms with Crippen molar-refractivity contribution in [1.82, 2.24) is 10.2 Å². The predicted molar refractivity (Wildman–Crippen MR) is 66.7 cm³/mol. The summed E-state index contributed by atoms with van der Waals surface area (Å²) in [5.41, 5.74) is 5.17. The lowest BCUT2D eigenvalue weighted by Crippen LogP contribution is -2.53. The van der Waals surface area contributed by atoms with Gasteiger partial charge in [-0.1, -0.05) is 0 Å². The van der Waals surface area contributed by atoms with Crippen LogP contribution in [0.4, 0.5) is 0 Å². The maximum atomic E-state index is 11.9. The molecule has 0 atom stereocenters. The van der Waals surface area contributed by atoms with E-state index in [1.165, 1.54) is 0 Å². The molecule has 0 aromatic rings. The summed E-state index contributed by atoms with van der Waals surface area (Å²) in [4.78, 5) is 24.6. The fourth-order valence-corrected chi connectivity index (χ4v) is 2.36. The monoisotopic (exact) mass is 261 g/mol. The summed E-state index contributed by atoms with van der Waals surface area (Å²) in [6, 6.07) is 0. The van der Waals surface area contributed by atoms with Gasteiger partial charge in [0.2, 0.25) is 11.8 Å². The van der Waals surface area contributed by atoms with Crippen LogP contribution in [0.3, 0.4) is 0 Å². The Bertz CT molecular complexity index is 286. The van der Waals surface area contributed by atoms with Crippen molar-refractivity contribution in [3.05, 3.63) is 0 Å². The molecule has 17 heavy (non-hydrogen) atoms. The number of carbonyl (C=O) groups excluding carboxylic acids is 2. The van der Waals surface area contributed by atoms with Crippen LogP contribution < -0.4 is 11.1 Å². The number of amides is 2. The molecule has 3 N–H and O–H groups in total. The largest absolute Gasteiger partial charge is 0.370 e. The van der Waals surface area contributed by atoms with E-state index in [0.29, 0.717) is 12.3 Å². The molecule has 0 bridgehead atoms. The summed E-state index contributed by atoms with van der Waals surface area (Å²) in [6.45, 7) is 3.21. The molecule has 0 aliphatic carbocycles. The molecule has 2 saturated heterocycles. The van der Waals surface area contributed by atoms with Gasteiger partial charge in [0.25, 0.3) is 0 Å². The second-order valence-electron chi connectivity index (χ2n) is 4.79. The van der Waals surface area contributed by atoms with Crippen LogP contribution in [0.15, 0.2) is 0 Å². The molecule has 0 aromatic carbocycles. The number of hydrogen-bond acceptors (Lipinski definition) is 3. The number of nitrogens with two attached hydrogens (primary N) is 1. The van der Waals surface area contributed by atoms with Crippen LogP contribution in [-0.2, 0) is 9.59 Å². The highest BCUT2D eigenvalue weighted by Crippen LogP contribution is 2.22. The number of halogens is 1.